The molecule has 0 aliphatic heterocycles. The molecule has 1 rings (SSSR count). The second-order valence-corrected chi connectivity index (χ2v) is 6.31. The van der Waals surface area contributed by atoms with E-state index in [4.69, 9.17) is 0 Å². The van der Waals surface area contributed by atoms with Gasteiger partial charge in [0.05, 0.1) is 0 Å². The van der Waals surface area contributed by atoms with Crippen LogP contribution < -0.4 is 0 Å². The van der Waals surface area contributed by atoms with Crippen LogP contribution in [0, 0.1) is 0 Å². The van der Waals surface area contributed by atoms with Crippen LogP contribution in [0.1, 0.15) is 20.8 Å². The third kappa shape index (κ3) is 1.14. The summed E-state index contributed by atoms with van der Waals surface area (Å²) in [5, 5.41) is 2.35. The SMILES string of the molecule is [CH3][Pt+2][C]1(C)C=CC(C)=C1C. The van der Waals surface area contributed by atoms with Gasteiger partial charge in [0.15, 0.2) is 0 Å². The van der Waals surface area contributed by atoms with E-state index in [1.165, 1.54) is 5.57 Å². The molecule has 0 heterocycles. The molecule has 1 aliphatic rings. The fourth-order valence-corrected chi connectivity index (χ4v) is 2.94. The standard InChI is InChI=1S/C8H11.CH3.Pt/c1-6-4-5-7(2)8(6)3;;/h4-5H,1-3H3;1H3;/q;;+2. The Balaban J connectivity index is 2.96. The molecule has 0 N–H and O–H groups in total. The molecule has 0 bridgehead atoms. The molecule has 0 saturated carbocycles. The Hall–Kier alpha value is 0.168. The molecule has 0 nitrogen and oxygen atoms in total. The van der Waals surface area contributed by atoms with Crippen molar-refractivity contribution in [3.8, 4) is 0 Å². The summed E-state index contributed by atoms with van der Waals surface area (Å²) in [6.45, 7) is 6.82. The Kier molecular flexibility index (Phi) is 2.20. The van der Waals surface area contributed by atoms with Crippen LogP contribution in [0.25, 0.3) is 0 Å². The Bertz CT molecular complexity index is 201. The predicted molar refractivity (Wildman–Crippen MR) is 41.7 cm³/mol. The molecule has 0 fully saturated rings. The second-order valence-electron chi connectivity index (χ2n) is 2.81. The van der Waals surface area contributed by atoms with E-state index in [2.05, 4.69) is 38.2 Å². The van der Waals surface area contributed by atoms with Crippen LogP contribution in [0.15, 0.2) is 23.3 Å². The molecule has 58 valence electrons. The summed E-state index contributed by atoms with van der Waals surface area (Å²) in [5.74, 6) is 0. The number of rotatable bonds is 1. The van der Waals surface area contributed by atoms with Gasteiger partial charge in [0.25, 0.3) is 0 Å². The first-order chi connectivity index (χ1) is 4.60. The van der Waals surface area contributed by atoms with Crippen molar-refractivity contribution in [2.45, 2.75) is 29.9 Å². The molecule has 1 aliphatic carbocycles. The van der Waals surface area contributed by atoms with Gasteiger partial charge >= 0.3 is 71.7 Å². The van der Waals surface area contributed by atoms with Crippen LogP contribution in [0.2, 0.25) is 9.12 Å². The zero-order valence-electron chi connectivity index (χ0n) is 6.97. The van der Waals surface area contributed by atoms with Crippen molar-refractivity contribution in [2.24, 2.45) is 0 Å². The molecule has 0 amide bonds. The van der Waals surface area contributed by atoms with E-state index in [-0.39, 0.29) is 0 Å². The summed E-state index contributed by atoms with van der Waals surface area (Å²) in [5.41, 5.74) is 3.06. The van der Waals surface area contributed by atoms with Gasteiger partial charge in [-0.2, -0.15) is 0 Å². The maximum absolute atomic E-state index is 2.37. The van der Waals surface area contributed by atoms with Gasteiger partial charge in [0.2, 0.25) is 0 Å². The molecule has 1 atom stereocenters. The van der Waals surface area contributed by atoms with Crippen LogP contribution in [-0.4, -0.2) is 0 Å². The summed E-state index contributed by atoms with van der Waals surface area (Å²) in [6, 6.07) is 0. The molecule has 10 heavy (non-hydrogen) atoms. The monoisotopic (exact) mass is 317 g/mol. The van der Waals surface area contributed by atoms with Crippen LogP contribution in [0.4, 0.5) is 0 Å². The van der Waals surface area contributed by atoms with E-state index in [0.717, 1.165) is 0 Å². The average Bonchev–Trinajstić information content (AvgIpc) is 2.19. The Morgan fingerprint density at radius 3 is 2.20 bits per heavy atom. The van der Waals surface area contributed by atoms with Gasteiger partial charge in [-0.05, 0) is 0 Å². The zero-order chi connectivity index (χ0) is 7.78. The third-order valence-corrected chi connectivity index (χ3v) is 5.86. The fourth-order valence-electron chi connectivity index (χ4n) is 1.07. The van der Waals surface area contributed by atoms with Crippen molar-refractivity contribution >= 4 is 0 Å². The molecular formula is C9H14Pt+2. The Morgan fingerprint density at radius 1 is 1.40 bits per heavy atom. The minimum absolute atomic E-state index is 0.299. The molecule has 0 spiro atoms. The quantitative estimate of drug-likeness (QED) is 0.697. The first kappa shape index (κ1) is 8.27. The van der Waals surface area contributed by atoms with Crippen molar-refractivity contribution in [1.82, 2.24) is 0 Å². The topological polar surface area (TPSA) is 0 Å². The van der Waals surface area contributed by atoms with E-state index in [9.17, 15) is 0 Å². The van der Waals surface area contributed by atoms with Crippen molar-refractivity contribution < 1.29 is 18.6 Å². The molecule has 0 saturated heterocycles. The molecular weight excluding hydrogens is 303 g/mol. The first-order valence-corrected chi connectivity index (χ1v) is 6.79. The van der Waals surface area contributed by atoms with E-state index in [1.807, 2.05) is 0 Å². The molecule has 1 heteroatoms. The van der Waals surface area contributed by atoms with Gasteiger partial charge in [0.1, 0.15) is 0 Å². The van der Waals surface area contributed by atoms with E-state index < -0.39 is 0 Å². The minimum atomic E-state index is 0.299. The molecule has 0 aromatic heterocycles. The van der Waals surface area contributed by atoms with Crippen molar-refractivity contribution in [2.75, 3.05) is 0 Å². The van der Waals surface area contributed by atoms with Crippen LogP contribution in [-0.2, 0) is 18.6 Å². The molecule has 0 aromatic carbocycles. The number of hydrogen-bond acceptors (Lipinski definition) is 0. The summed E-state index contributed by atoms with van der Waals surface area (Å²) < 4.78 is 0.476. The van der Waals surface area contributed by atoms with Crippen LogP contribution in [0.5, 0.6) is 0 Å². The molecule has 0 radical (unpaired) electrons. The van der Waals surface area contributed by atoms with E-state index in [0.29, 0.717) is 22.4 Å². The maximum atomic E-state index is 2.37. The number of hydrogen-bond donors (Lipinski definition) is 0. The van der Waals surface area contributed by atoms with Gasteiger partial charge < -0.3 is 0 Å². The summed E-state index contributed by atoms with van der Waals surface area (Å²) in [4.78, 5) is 0. The molecule has 1 unspecified atom stereocenters. The number of allylic oxidation sites excluding steroid dienone is 4. The zero-order valence-corrected chi connectivity index (χ0v) is 9.24. The van der Waals surface area contributed by atoms with Gasteiger partial charge in [0, 0.05) is 0 Å². The average molecular weight is 317 g/mol. The second kappa shape index (κ2) is 2.66. The van der Waals surface area contributed by atoms with E-state index in [1.54, 1.807) is 5.57 Å². The first-order valence-electron chi connectivity index (χ1n) is 3.39. The predicted octanol–water partition coefficient (Wildman–Crippen LogP) is 3.20. The Labute approximate surface area is 71.9 Å². The molecule has 0 aromatic rings. The summed E-state index contributed by atoms with van der Waals surface area (Å²) in [6.07, 6.45) is 4.63. The van der Waals surface area contributed by atoms with E-state index >= 15 is 0 Å². The Morgan fingerprint density at radius 2 is 2.00 bits per heavy atom. The fraction of sp³-hybridized carbons (Fsp3) is 0.556. The van der Waals surface area contributed by atoms with Gasteiger partial charge in [-0.1, -0.05) is 0 Å². The van der Waals surface area contributed by atoms with Crippen LogP contribution >= 0.6 is 0 Å². The third-order valence-electron chi connectivity index (χ3n) is 2.27. The van der Waals surface area contributed by atoms with Gasteiger partial charge in [-0.3, -0.25) is 0 Å². The van der Waals surface area contributed by atoms with Crippen LogP contribution in [0.3, 0.4) is 0 Å². The van der Waals surface area contributed by atoms with Gasteiger partial charge in [-0.25, -0.2) is 0 Å². The van der Waals surface area contributed by atoms with Crippen molar-refractivity contribution in [3.63, 3.8) is 0 Å². The summed E-state index contributed by atoms with van der Waals surface area (Å²) >= 11 is 0.299. The van der Waals surface area contributed by atoms with Gasteiger partial charge in [-0.15, -0.1) is 0 Å². The van der Waals surface area contributed by atoms with Crippen molar-refractivity contribution in [1.29, 1.82) is 0 Å². The normalized spacial score (nSPS) is 32.4. The summed E-state index contributed by atoms with van der Waals surface area (Å²) in [7, 11) is 0. The van der Waals surface area contributed by atoms with Crippen molar-refractivity contribution in [3.05, 3.63) is 23.3 Å².